The predicted molar refractivity (Wildman–Crippen MR) is 54.9 cm³/mol. The monoisotopic (exact) mass is 198 g/mol. The van der Waals surface area contributed by atoms with Crippen molar-refractivity contribution < 1.29 is 4.39 Å². The van der Waals surface area contributed by atoms with Crippen LogP contribution in [0, 0.1) is 11.7 Å². The highest BCUT2D eigenvalue weighted by Crippen LogP contribution is 2.11. The Labute approximate surface area is 83.0 Å². The molecule has 1 heterocycles. The molecule has 4 nitrogen and oxygen atoms in total. The average molecular weight is 198 g/mol. The van der Waals surface area contributed by atoms with E-state index in [4.69, 9.17) is 0 Å². The first-order valence-corrected chi connectivity index (χ1v) is 4.57. The van der Waals surface area contributed by atoms with E-state index in [1.165, 1.54) is 0 Å². The maximum absolute atomic E-state index is 13.1. The summed E-state index contributed by atoms with van der Waals surface area (Å²) in [6.45, 7) is 4.78. The molecule has 78 valence electrons. The van der Waals surface area contributed by atoms with Crippen LogP contribution < -0.4 is 10.6 Å². The van der Waals surface area contributed by atoms with Gasteiger partial charge < -0.3 is 10.6 Å². The number of anilines is 2. The van der Waals surface area contributed by atoms with Crippen molar-refractivity contribution in [2.24, 2.45) is 5.92 Å². The third-order valence-electron chi connectivity index (χ3n) is 1.65. The van der Waals surface area contributed by atoms with Gasteiger partial charge in [-0.05, 0) is 5.92 Å². The number of nitrogens with zero attached hydrogens (tertiary/aromatic N) is 2. The summed E-state index contributed by atoms with van der Waals surface area (Å²) < 4.78 is 13.1. The fourth-order valence-electron chi connectivity index (χ4n) is 0.912. The van der Waals surface area contributed by atoms with Crippen molar-refractivity contribution in [1.29, 1.82) is 0 Å². The number of aromatic nitrogens is 2. The van der Waals surface area contributed by atoms with Gasteiger partial charge in [0, 0.05) is 13.6 Å². The van der Waals surface area contributed by atoms with Crippen LogP contribution in [0.25, 0.3) is 0 Å². The van der Waals surface area contributed by atoms with Crippen molar-refractivity contribution in [3.05, 3.63) is 12.0 Å². The Morgan fingerprint density at radius 1 is 1.50 bits per heavy atom. The molecule has 0 aliphatic rings. The van der Waals surface area contributed by atoms with Crippen LogP contribution >= 0.6 is 0 Å². The summed E-state index contributed by atoms with van der Waals surface area (Å²) in [6.07, 6.45) is 1.15. The highest BCUT2D eigenvalue weighted by atomic mass is 19.1. The molecule has 2 N–H and O–H groups in total. The SMILES string of the molecule is CNc1ncc(F)c(NCC(C)C)n1. The highest BCUT2D eigenvalue weighted by Gasteiger charge is 2.05. The van der Waals surface area contributed by atoms with Gasteiger partial charge in [-0.25, -0.2) is 9.37 Å². The molecular formula is C9H15FN4. The number of hydrogen-bond acceptors (Lipinski definition) is 4. The van der Waals surface area contributed by atoms with E-state index in [0.717, 1.165) is 6.20 Å². The minimum absolute atomic E-state index is 0.248. The van der Waals surface area contributed by atoms with E-state index in [9.17, 15) is 4.39 Å². The second-order valence-electron chi connectivity index (χ2n) is 3.41. The Balaban J connectivity index is 2.73. The lowest BCUT2D eigenvalue weighted by Crippen LogP contribution is -2.12. The maximum atomic E-state index is 13.1. The summed E-state index contributed by atoms with van der Waals surface area (Å²) in [5.41, 5.74) is 0. The van der Waals surface area contributed by atoms with E-state index in [0.29, 0.717) is 18.4 Å². The standard InChI is InChI=1S/C9H15FN4/c1-6(2)4-12-8-7(10)5-13-9(11-3)14-8/h5-6H,4H2,1-3H3,(H2,11,12,13,14). The van der Waals surface area contributed by atoms with Crippen molar-refractivity contribution in [2.75, 3.05) is 24.2 Å². The molecule has 5 heteroatoms. The number of nitrogens with one attached hydrogen (secondary N) is 2. The van der Waals surface area contributed by atoms with Crippen LogP contribution in [0.1, 0.15) is 13.8 Å². The smallest absolute Gasteiger partial charge is 0.224 e. The minimum atomic E-state index is -0.426. The van der Waals surface area contributed by atoms with Gasteiger partial charge in [0.15, 0.2) is 11.6 Å². The zero-order valence-corrected chi connectivity index (χ0v) is 8.63. The van der Waals surface area contributed by atoms with Gasteiger partial charge in [0.25, 0.3) is 0 Å². The molecule has 0 aliphatic heterocycles. The summed E-state index contributed by atoms with van der Waals surface area (Å²) >= 11 is 0. The van der Waals surface area contributed by atoms with Gasteiger partial charge in [0.1, 0.15) is 0 Å². The number of rotatable bonds is 4. The lowest BCUT2D eigenvalue weighted by molar-refractivity contribution is 0.611. The lowest BCUT2D eigenvalue weighted by atomic mass is 10.2. The van der Waals surface area contributed by atoms with Crippen LogP contribution in [-0.2, 0) is 0 Å². The zero-order valence-electron chi connectivity index (χ0n) is 8.63. The van der Waals surface area contributed by atoms with E-state index in [2.05, 4.69) is 20.6 Å². The molecule has 0 fully saturated rings. The van der Waals surface area contributed by atoms with Crippen LogP contribution in [0.3, 0.4) is 0 Å². The summed E-state index contributed by atoms with van der Waals surface area (Å²) in [5.74, 6) is 0.683. The summed E-state index contributed by atoms with van der Waals surface area (Å²) in [4.78, 5) is 7.70. The second kappa shape index (κ2) is 4.74. The fourth-order valence-corrected chi connectivity index (χ4v) is 0.912. The Morgan fingerprint density at radius 3 is 2.79 bits per heavy atom. The average Bonchev–Trinajstić information content (AvgIpc) is 2.16. The predicted octanol–water partition coefficient (Wildman–Crippen LogP) is 1.73. The molecule has 14 heavy (non-hydrogen) atoms. The maximum Gasteiger partial charge on any atom is 0.224 e. The molecule has 1 aromatic heterocycles. The van der Waals surface area contributed by atoms with Gasteiger partial charge in [-0.2, -0.15) is 4.98 Å². The Kier molecular flexibility index (Phi) is 3.62. The van der Waals surface area contributed by atoms with E-state index in [1.807, 2.05) is 13.8 Å². The summed E-state index contributed by atoms with van der Waals surface area (Å²) in [6, 6.07) is 0. The van der Waals surface area contributed by atoms with E-state index in [1.54, 1.807) is 7.05 Å². The van der Waals surface area contributed by atoms with Gasteiger partial charge in [0.2, 0.25) is 5.95 Å². The van der Waals surface area contributed by atoms with Crippen LogP contribution in [0.15, 0.2) is 6.20 Å². The van der Waals surface area contributed by atoms with Crippen molar-refractivity contribution in [1.82, 2.24) is 9.97 Å². The van der Waals surface area contributed by atoms with Gasteiger partial charge in [-0.15, -0.1) is 0 Å². The zero-order chi connectivity index (χ0) is 10.6. The quantitative estimate of drug-likeness (QED) is 0.773. The normalized spacial score (nSPS) is 10.4. The molecule has 1 aromatic rings. The third kappa shape index (κ3) is 2.83. The Hall–Kier alpha value is -1.39. The molecule has 0 unspecified atom stereocenters. The van der Waals surface area contributed by atoms with Crippen molar-refractivity contribution in [3.8, 4) is 0 Å². The molecular weight excluding hydrogens is 183 g/mol. The first kappa shape index (κ1) is 10.7. The molecule has 0 saturated carbocycles. The first-order valence-electron chi connectivity index (χ1n) is 4.57. The minimum Gasteiger partial charge on any atom is -0.367 e. The number of hydrogen-bond donors (Lipinski definition) is 2. The largest absolute Gasteiger partial charge is 0.367 e. The second-order valence-corrected chi connectivity index (χ2v) is 3.41. The van der Waals surface area contributed by atoms with Gasteiger partial charge in [-0.1, -0.05) is 13.8 Å². The molecule has 0 aromatic carbocycles. The van der Waals surface area contributed by atoms with Crippen LogP contribution in [0.2, 0.25) is 0 Å². The molecule has 0 bridgehead atoms. The van der Waals surface area contributed by atoms with Gasteiger partial charge in [0.05, 0.1) is 6.20 Å². The summed E-state index contributed by atoms with van der Waals surface area (Å²) in [7, 11) is 1.69. The lowest BCUT2D eigenvalue weighted by Gasteiger charge is -2.09. The van der Waals surface area contributed by atoms with Crippen LogP contribution in [0.5, 0.6) is 0 Å². The molecule has 0 saturated heterocycles. The topological polar surface area (TPSA) is 49.8 Å². The molecule has 0 atom stereocenters. The van der Waals surface area contributed by atoms with Crippen molar-refractivity contribution in [3.63, 3.8) is 0 Å². The Morgan fingerprint density at radius 2 is 2.21 bits per heavy atom. The molecule has 0 spiro atoms. The van der Waals surface area contributed by atoms with Crippen molar-refractivity contribution >= 4 is 11.8 Å². The number of halogens is 1. The van der Waals surface area contributed by atoms with E-state index in [-0.39, 0.29) is 5.82 Å². The van der Waals surface area contributed by atoms with E-state index < -0.39 is 5.82 Å². The highest BCUT2D eigenvalue weighted by molar-refractivity contribution is 5.40. The van der Waals surface area contributed by atoms with Crippen molar-refractivity contribution in [2.45, 2.75) is 13.8 Å². The van der Waals surface area contributed by atoms with E-state index >= 15 is 0 Å². The fraction of sp³-hybridized carbons (Fsp3) is 0.556. The van der Waals surface area contributed by atoms with Crippen LogP contribution in [0.4, 0.5) is 16.2 Å². The molecule has 0 aliphatic carbocycles. The van der Waals surface area contributed by atoms with Crippen LogP contribution in [-0.4, -0.2) is 23.6 Å². The van der Waals surface area contributed by atoms with Gasteiger partial charge >= 0.3 is 0 Å². The Bertz CT molecular complexity index is 301. The summed E-state index contributed by atoms with van der Waals surface area (Å²) in [5, 5.41) is 5.67. The molecule has 1 rings (SSSR count). The van der Waals surface area contributed by atoms with Gasteiger partial charge in [-0.3, -0.25) is 0 Å². The third-order valence-corrected chi connectivity index (χ3v) is 1.65. The first-order chi connectivity index (χ1) is 6.63. The molecule has 0 radical (unpaired) electrons. The molecule has 0 amide bonds.